The molecule has 0 aliphatic rings. The lowest BCUT2D eigenvalue weighted by Crippen LogP contribution is -1.84. The summed E-state index contributed by atoms with van der Waals surface area (Å²) in [6.07, 6.45) is 1.04. The van der Waals surface area contributed by atoms with Gasteiger partial charge in [-0.05, 0) is 18.9 Å². The number of rotatable bonds is 3. The van der Waals surface area contributed by atoms with Crippen LogP contribution in [0.5, 0.6) is 0 Å². The monoisotopic (exact) mass is 337 g/mol. The van der Waals surface area contributed by atoms with Crippen molar-refractivity contribution >= 4 is 0 Å². The maximum Gasteiger partial charge on any atom is 0.192 e. The molecule has 1 aromatic heterocycles. The molecule has 0 aliphatic heterocycles. The predicted molar refractivity (Wildman–Crippen MR) is 109 cm³/mol. The molecular weight excluding hydrogens is 306 g/mol. The topological polar surface area (TPSA) is 26.0 Å². The molecule has 134 valence electrons. The fourth-order valence-corrected chi connectivity index (χ4v) is 2.42. The average Bonchev–Trinajstić information content (AvgIpc) is 3.07. The lowest BCUT2D eigenvalue weighted by molar-refractivity contribution is 0.534. The summed E-state index contributed by atoms with van der Waals surface area (Å²) in [5, 5.41) is 0. The molecule has 0 atom stereocenters. The van der Waals surface area contributed by atoms with Crippen molar-refractivity contribution in [2.24, 2.45) is 0 Å². The van der Waals surface area contributed by atoms with Crippen LogP contribution in [0.15, 0.2) is 52.9 Å². The van der Waals surface area contributed by atoms with E-state index < -0.39 is 0 Å². The minimum atomic E-state index is 0.695. The van der Waals surface area contributed by atoms with E-state index in [1.54, 1.807) is 0 Å². The first-order valence-corrected chi connectivity index (χ1v) is 9.31. The Morgan fingerprint density at radius 3 is 1.80 bits per heavy atom. The highest BCUT2D eigenvalue weighted by Gasteiger charge is 2.14. The van der Waals surface area contributed by atoms with Crippen LogP contribution in [-0.4, -0.2) is 4.98 Å². The van der Waals surface area contributed by atoms with Crippen molar-refractivity contribution in [1.82, 2.24) is 4.98 Å². The normalized spacial score (nSPS) is 9.56. The van der Waals surface area contributed by atoms with E-state index in [1.807, 2.05) is 34.6 Å². The molecule has 1 heterocycles. The fourth-order valence-electron chi connectivity index (χ4n) is 2.42. The van der Waals surface area contributed by atoms with Crippen LogP contribution in [0.3, 0.4) is 0 Å². The van der Waals surface area contributed by atoms with Gasteiger partial charge in [0.2, 0.25) is 0 Å². The fraction of sp³-hybridized carbons (Fsp3) is 0.348. The predicted octanol–water partition coefficient (Wildman–Crippen LogP) is 7.24. The van der Waals surface area contributed by atoms with Gasteiger partial charge in [0.1, 0.15) is 5.69 Å². The van der Waals surface area contributed by atoms with Gasteiger partial charge in [-0.25, -0.2) is 4.98 Å². The first-order valence-electron chi connectivity index (χ1n) is 9.31. The van der Waals surface area contributed by atoms with Crippen molar-refractivity contribution in [1.29, 1.82) is 0 Å². The summed E-state index contributed by atoms with van der Waals surface area (Å²) in [5.41, 5.74) is 5.65. The molecule has 0 amide bonds. The van der Waals surface area contributed by atoms with Gasteiger partial charge in [0.15, 0.2) is 11.7 Å². The Hall–Kier alpha value is -2.35. The maximum absolute atomic E-state index is 5.85. The molecule has 2 nitrogen and oxygen atoms in total. The number of oxazole rings is 1. The van der Waals surface area contributed by atoms with Crippen molar-refractivity contribution in [2.75, 3.05) is 0 Å². The van der Waals surface area contributed by atoms with Crippen LogP contribution in [0.4, 0.5) is 0 Å². The van der Waals surface area contributed by atoms with Crippen molar-refractivity contribution in [3.63, 3.8) is 0 Å². The molecule has 0 unspecified atom stereocenters. The quantitative estimate of drug-likeness (QED) is 0.503. The van der Waals surface area contributed by atoms with Crippen molar-refractivity contribution < 1.29 is 4.42 Å². The number of hydrogen-bond donors (Lipinski definition) is 0. The highest BCUT2D eigenvalue weighted by molar-refractivity contribution is 5.77. The number of hydrogen-bond acceptors (Lipinski definition) is 2. The Morgan fingerprint density at radius 2 is 1.28 bits per heavy atom. The van der Waals surface area contributed by atoms with Crippen LogP contribution < -0.4 is 0 Å². The zero-order valence-corrected chi connectivity index (χ0v) is 16.7. The lowest BCUT2D eigenvalue weighted by atomic mass is 10.0. The van der Waals surface area contributed by atoms with Gasteiger partial charge in [-0.3, -0.25) is 0 Å². The molecule has 0 spiro atoms. The highest BCUT2D eigenvalue weighted by atomic mass is 16.4. The van der Waals surface area contributed by atoms with E-state index in [4.69, 9.17) is 4.42 Å². The number of benzene rings is 2. The third-order valence-electron chi connectivity index (χ3n) is 3.68. The van der Waals surface area contributed by atoms with Crippen LogP contribution in [0, 0.1) is 13.8 Å². The van der Waals surface area contributed by atoms with Crippen LogP contribution >= 0.6 is 0 Å². The Bertz CT molecular complexity index is 737. The SMILES string of the molecule is CC.CC.CCc1ccc(-c2oc(C)nc2-c2ccc(C)cc2)cc1. The summed E-state index contributed by atoms with van der Waals surface area (Å²) in [5.74, 6) is 1.54. The van der Waals surface area contributed by atoms with Gasteiger partial charge < -0.3 is 4.42 Å². The smallest absolute Gasteiger partial charge is 0.192 e. The standard InChI is InChI=1S/C19H19NO.2C2H6/c1-4-15-7-11-17(12-8-15)19-18(20-14(3)21-19)16-9-5-13(2)6-10-16;2*1-2/h5-12H,4H2,1-3H3;2*1-2H3. The highest BCUT2D eigenvalue weighted by Crippen LogP contribution is 2.32. The third kappa shape index (κ3) is 5.32. The molecule has 3 rings (SSSR count). The van der Waals surface area contributed by atoms with E-state index in [1.165, 1.54) is 11.1 Å². The minimum absolute atomic E-state index is 0.695. The van der Waals surface area contributed by atoms with E-state index in [-0.39, 0.29) is 0 Å². The van der Waals surface area contributed by atoms with E-state index in [0.29, 0.717) is 5.89 Å². The van der Waals surface area contributed by atoms with Crippen LogP contribution in [0.25, 0.3) is 22.6 Å². The molecule has 0 N–H and O–H groups in total. The first-order chi connectivity index (χ1) is 12.2. The Kier molecular flexibility index (Phi) is 8.69. The maximum atomic E-state index is 5.85. The summed E-state index contributed by atoms with van der Waals surface area (Å²) in [6.45, 7) is 14.1. The van der Waals surface area contributed by atoms with E-state index in [2.05, 4.69) is 67.4 Å². The van der Waals surface area contributed by atoms with Crippen LogP contribution in [0.2, 0.25) is 0 Å². The molecular formula is C23H31NO. The molecule has 3 aromatic rings. The molecule has 25 heavy (non-hydrogen) atoms. The lowest BCUT2D eigenvalue weighted by Gasteiger charge is -2.03. The second-order valence-corrected chi connectivity index (χ2v) is 5.33. The number of nitrogens with zero attached hydrogens (tertiary/aromatic N) is 1. The zero-order chi connectivity index (χ0) is 18.8. The molecule has 0 fully saturated rings. The van der Waals surface area contributed by atoms with Gasteiger partial charge in [-0.2, -0.15) is 0 Å². The third-order valence-corrected chi connectivity index (χ3v) is 3.68. The summed E-state index contributed by atoms with van der Waals surface area (Å²) < 4.78 is 5.85. The van der Waals surface area contributed by atoms with Gasteiger partial charge in [0.05, 0.1) is 0 Å². The van der Waals surface area contributed by atoms with E-state index in [9.17, 15) is 0 Å². The Balaban J connectivity index is 0.000000730. The van der Waals surface area contributed by atoms with Gasteiger partial charge >= 0.3 is 0 Å². The van der Waals surface area contributed by atoms with Crippen LogP contribution in [0.1, 0.15) is 51.6 Å². The van der Waals surface area contributed by atoms with Crippen LogP contribution in [-0.2, 0) is 6.42 Å². The van der Waals surface area contributed by atoms with Gasteiger partial charge in [0.25, 0.3) is 0 Å². The van der Waals surface area contributed by atoms with Gasteiger partial charge in [0, 0.05) is 18.1 Å². The molecule has 0 radical (unpaired) electrons. The second-order valence-electron chi connectivity index (χ2n) is 5.33. The molecule has 0 saturated carbocycles. The Morgan fingerprint density at radius 1 is 0.760 bits per heavy atom. The molecule has 2 aromatic carbocycles. The van der Waals surface area contributed by atoms with Crippen molar-refractivity contribution in [3.8, 4) is 22.6 Å². The van der Waals surface area contributed by atoms with Gasteiger partial charge in [-0.1, -0.05) is 88.7 Å². The summed E-state index contributed by atoms with van der Waals surface area (Å²) in [4.78, 5) is 4.56. The van der Waals surface area contributed by atoms with Crippen molar-refractivity contribution in [2.45, 2.75) is 54.9 Å². The second kappa shape index (κ2) is 10.5. The van der Waals surface area contributed by atoms with E-state index in [0.717, 1.165) is 29.0 Å². The first kappa shape index (κ1) is 20.7. The Labute approximate surface area is 152 Å². The summed E-state index contributed by atoms with van der Waals surface area (Å²) in [7, 11) is 0. The zero-order valence-electron chi connectivity index (χ0n) is 16.7. The molecule has 2 heteroatoms. The van der Waals surface area contributed by atoms with E-state index >= 15 is 0 Å². The minimum Gasteiger partial charge on any atom is -0.440 e. The van der Waals surface area contributed by atoms with Gasteiger partial charge in [-0.15, -0.1) is 0 Å². The average molecular weight is 338 g/mol. The van der Waals surface area contributed by atoms with Crippen molar-refractivity contribution in [3.05, 3.63) is 65.5 Å². The molecule has 0 bridgehead atoms. The largest absolute Gasteiger partial charge is 0.440 e. The summed E-state index contributed by atoms with van der Waals surface area (Å²) >= 11 is 0. The summed E-state index contributed by atoms with van der Waals surface area (Å²) in [6, 6.07) is 16.9. The molecule has 0 aliphatic carbocycles. The number of aryl methyl sites for hydroxylation is 3. The number of aromatic nitrogens is 1. The molecule has 0 saturated heterocycles.